The van der Waals surface area contributed by atoms with Gasteiger partial charge in [-0.1, -0.05) is 32.0 Å². The van der Waals surface area contributed by atoms with E-state index in [1.807, 2.05) is 30.2 Å². The van der Waals surface area contributed by atoms with Crippen LogP contribution in [0.1, 0.15) is 32.8 Å². The average Bonchev–Trinajstić information content (AvgIpc) is 3.00. The summed E-state index contributed by atoms with van der Waals surface area (Å²) in [5, 5.41) is 1.20. The molecule has 110 valence electrons. The van der Waals surface area contributed by atoms with Crippen LogP contribution in [0.5, 0.6) is 0 Å². The van der Waals surface area contributed by atoms with Gasteiger partial charge in [-0.2, -0.15) is 0 Å². The molecule has 1 N–H and O–H groups in total. The zero-order valence-electron chi connectivity index (χ0n) is 12.9. The van der Waals surface area contributed by atoms with Gasteiger partial charge in [-0.05, 0) is 30.9 Å². The Balaban J connectivity index is 1.90. The SMILES string of the molecule is CC1=C(c2c[nH]c3ccccc23)CN(CCC(C)C)C1=O. The number of rotatable bonds is 4. The second-order valence-electron chi connectivity index (χ2n) is 6.26. The predicted octanol–water partition coefficient (Wildman–Crippen LogP) is 3.83. The maximum atomic E-state index is 12.4. The fourth-order valence-corrected chi connectivity index (χ4v) is 2.95. The highest BCUT2D eigenvalue weighted by Gasteiger charge is 2.28. The number of para-hydroxylation sites is 1. The Bertz CT molecular complexity index is 709. The fraction of sp³-hybridized carbons (Fsp3) is 0.389. The number of hydrogen-bond acceptors (Lipinski definition) is 1. The Morgan fingerprint density at radius 2 is 2.05 bits per heavy atom. The molecule has 1 amide bonds. The van der Waals surface area contributed by atoms with Crippen LogP contribution in [-0.4, -0.2) is 28.9 Å². The van der Waals surface area contributed by atoms with Crippen LogP contribution in [0.15, 0.2) is 36.0 Å². The van der Waals surface area contributed by atoms with E-state index in [1.54, 1.807) is 0 Å². The van der Waals surface area contributed by atoms with Gasteiger partial charge in [0.2, 0.25) is 5.91 Å². The molecule has 1 aromatic carbocycles. The normalized spacial score (nSPS) is 15.8. The molecular formula is C18H22N2O. The van der Waals surface area contributed by atoms with Gasteiger partial charge in [0, 0.05) is 41.3 Å². The Kier molecular flexibility index (Phi) is 3.58. The molecule has 0 saturated heterocycles. The van der Waals surface area contributed by atoms with Crippen molar-refractivity contribution in [3.8, 4) is 0 Å². The number of H-pyrrole nitrogens is 1. The molecule has 0 atom stereocenters. The lowest BCUT2D eigenvalue weighted by atomic mass is 10.0. The topological polar surface area (TPSA) is 36.1 Å². The number of amides is 1. The summed E-state index contributed by atoms with van der Waals surface area (Å²) in [6.07, 6.45) is 3.09. The number of hydrogen-bond donors (Lipinski definition) is 1. The number of fused-ring (bicyclic) bond motifs is 1. The van der Waals surface area contributed by atoms with Gasteiger partial charge in [-0.3, -0.25) is 4.79 Å². The van der Waals surface area contributed by atoms with Crippen LogP contribution in [-0.2, 0) is 4.79 Å². The quantitative estimate of drug-likeness (QED) is 0.909. The van der Waals surface area contributed by atoms with Crippen molar-refractivity contribution in [3.63, 3.8) is 0 Å². The standard InChI is InChI=1S/C18H22N2O/c1-12(2)8-9-20-11-16(13(3)18(20)21)15-10-19-17-7-5-4-6-14(15)17/h4-7,10,12,19H,8-9,11H2,1-3H3. The Morgan fingerprint density at radius 3 is 2.81 bits per heavy atom. The summed E-state index contributed by atoms with van der Waals surface area (Å²) in [6.45, 7) is 7.93. The fourth-order valence-electron chi connectivity index (χ4n) is 2.95. The molecule has 3 heteroatoms. The summed E-state index contributed by atoms with van der Waals surface area (Å²) in [7, 11) is 0. The first-order valence-electron chi connectivity index (χ1n) is 7.63. The molecule has 3 nitrogen and oxygen atoms in total. The number of nitrogens with one attached hydrogen (secondary N) is 1. The Morgan fingerprint density at radius 1 is 1.29 bits per heavy atom. The number of nitrogens with zero attached hydrogens (tertiary/aromatic N) is 1. The van der Waals surface area contributed by atoms with Crippen molar-refractivity contribution in [2.24, 2.45) is 5.92 Å². The van der Waals surface area contributed by atoms with E-state index in [0.29, 0.717) is 5.92 Å². The molecular weight excluding hydrogens is 260 g/mol. The van der Waals surface area contributed by atoms with Crippen molar-refractivity contribution in [1.82, 2.24) is 9.88 Å². The molecule has 0 radical (unpaired) electrons. The second kappa shape index (κ2) is 5.40. The van der Waals surface area contributed by atoms with Gasteiger partial charge in [0.15, 0.2) is 0 Å². The molecule has 21 heavy (non-hydrogen) atoms. The van der Waals surface area contributed by atoms with Gasteiger partial charge >= 0.3 is 0 Å². The Hall–Kier alpha value is -2.03. The van der Waals surface area contributed by atoms with Crippen molar-refractivity contribution in [2.45, 2.75) is 27.2 Å². The van der Waals surface area contributed by atoms with Crippen molar-refractivity contribution >= 4 is 22.4 Å². The first-order valence-corrected chi connectivity index (χ1v) is 7.63. The van der Waals surface area contributed by atoms with Gasteiger partial charge in [0.1, 0.15) is 0 Å². The van der Waals surface area contributed by atoms with E-state index in [0.717, 1.165) is 30.6 Å². The third-order valence-electron chi connectivity index (χ3n) is 4.30. The van der Waals surface area contributed by atoms with Gasteiger partial charge in [0.25, 0.3) is 0 Å². The summed E-state index contributed by atoms with van der Waals surface area (Å²) in [4.78, 5) is 17.7. The first kappa shape index (κ1) is 13.9. The number of carbonyl (C=O) groups is 1. The smallest absolute Gasteiger partial charge is 0.250 e. The van der Waals surface area contributed by atoms with Crippen LogP contribution in [0.2, 0.25) is 0 Å². The molecule has 2 heterocycles. The van der Waals surface area contributed by atoms with Crippen LogP contribution in [0.25, 0.3) is 16.5 Å². The van der Waals surface area contributed by atoms with Crippen LogP contribution in [0, 0.1) is 5.92 Å². The van der Waals surface area contributed by atoms with Gasteiger partial charge in [-0.15, -0.1) is 0 Å². The Labute approximate surface area is 125 Å². The molecule has 1 aliphatic heterocycles. The summed E-state index contributed by atoms with van der Waals surface area (Å²) < 4.78 is 0. The van der Waals surface area contributed by atoms with Crippen LogP contribution in [0.3, 0.4) is 0 Å². The molecule has 0 bridgehead atoms. The minimum absolute atomic E-state index is 0.191. The predicted molar refractivity (Wildman–Crippen MR) is 86.9 cm³/mol. The van der Waals surface area contributed by atoms with E-state index < -0.39 is 0 Å². The maximum Gasteiger partial charge on any atom is 0.250 e. The van der Waals surface area contributed by atoms with E-state index in [4.69, 9.17) is 0 Å². The van der Waals surface area contributed by atoms with Gasteiger partial charge in [-0.25, -0.2) is 0 Å². The summed E-state index contributed by atoms with van der Waals surface area (Å²) in [5.74, 6) is 0.811. The summed E-state index contributed by atoms with van der Waals surface area (Å²) >= 11 is 0. The molecule has 3 rings (SSSR count). The number of aromatic amines is 1. The van der Waals surface area contributed by atoms with E-state index in [2.05, 4.69) is 31.0 Å². The highest BCUT2D eigenvalue weighted by molar-refractivity contribution is 6.08. The van der Waals surface area contributed by atoms with Crippen LogP contribution >= 0.6 is 0 Å². The molecule has 0 aliphatic carbocycles. The van der Waals surface area contributed by atoms with E-state index >= 15 is 0 Å². The first-order chi connectivity index (χ1) is 10.1. The number of carbonyl (C=O) groups excluding carboxylic acids is 1. The van der Waals surface area contributed by atoms with Gasteiger partial charge in [0.05, 0.1) is 0 Å². The molecule has 1 aromatic heterocycles. The molecule has 1 aliphatic rings. The third-order valence-corrected chi connectivity index (χ3v) is 4.30. The number of aromatic nitrogens is 1. The van der Waals surface area contributed by atoms with Crippen molar-refractivity contribution < 1.29 is 4.79 Å². The minimum atomic E-state index is 0.191. The lowest BCUT2D eigenvalue weighted by Crippen LogP contribution is -2.28. The van der Waals surface area contributed by atoms with Crippen molar-refractivity contribution in [2.75, 3.05) is 13.1 Å². The highest BCUT2D eigenvalue weighted by atomic mass is 16.2. The van der Waals surface area contributed by atoms with Crippen molar-refractivity contribution in [1.29, 1.82) is 0 Å². The molecule has 0 spiro atoms. The average molecular weight is 282 g/mol. The second-order valence-corrected chi connectivity index (χ2v) is 6.26. The zero-order chi connectivity index (χ0) is 15.0. The van der Waals surface area contributed by atoms with E-state index in [1.165, 1.54) is 16.5 Å². The van der Waals surface area contributed by atoms with Gasteiger partial charge < -0.3 is 9.88 Å². The lowest BCUT2D eigenvalue weighted by Gasteiger charge is -2.18. The minimum Gasteiger partial charge on any atom is -0.361 e. The molecule has 2 aromatic rings. The monoisotopic (exact) mass is 282 g/mol. The van der Waals surface area contributed by atoms with Crippen molar-refractivity contribution in [3.05, 3.63) is 41.6 Å². The van der Waals surface area contributed by atoms with E-state index in [9.17, 15) is 4.79 Å². The molecule has 0 saturated carbocycles. The zero-order valence-corrected chi connectivity index (χ0v) is 12.9. The maximum absolute atomic E-state index is 12.4. The molecule has 0 fully saturated rings. The largest absolute Gasteiger partial charge is 0.361 e. The highest BCUT2D eigenvalue weighted by Crippen LogP contribution is 2.32. The molecule has 0 unspecified atom stereocenters. The van der Waals surface area contributed by atoms with Crippen LogP contribution in [0.4, 0.5) is 0 Å². The summed E-state index contributed by atoms with van der Waals surface area (Å²) in [5.41, 5.74) is 4.36. The van der Waals surface area contributed by atoms with Crippen LogP contribution < -0.4 is 0 Å². The third kappa shape index (κ3) is 2.48. The summed E-state index contributed by atoms with van der Waals surface area (Å²) in [6, 6.07) is 8.26. The van der Waals surface area contributed by atoms with E-state index in [-0.39, 0.29) is 5.91 Å². The lowest BCUT2D eigenvalue weighted by molar-refractivity contribution is -0.125. The number of benzene rings is 1.